The van der Waals surface area contributed by atoms with E-state index in [0.29, 0.717) is 11.6 Å². The number of benzene rings is 1. The van der Waals surface area contributed by atoms with Crippen molar-refractivity contribution in [3.05, 3.63) is 34.9 Å². The lowest BCUT2D eigenvalue weighted by Gasteiger charge is -2.20. The number of carbonyl (C=O) groups excluding carboxylic acids is 1. The Morgan fingerprint density at radius 3 is 2.59 bits per heavy atom. The number of hydrogen-bond donors (Lipinski definition) is 2. The molecule has 3 N–H and O–H groups in total. The van der Waals surface area contributed by atoms with Gasteiger partial charge in [-0.15, -0.1) is 0 Å². The molecule has 0 radical (unpaired) electrons. The molecule has 0 bridgehead atoms. The van der Waals surface area contributed by atoms with Crippen LogP contribution in [0.5, 0.6) is 0 Å². The van der Waals surface area contributed by atoms with Crippen molar-refractivity contribution >= 4 is 17.5 Å². The van der Waals surface area contributed by atoms with E-state index in [2.05, 4.69) is 0 Å². The first-order chi connectivity index (χ1) is 8.04. The summed E-state index contributed by atoms with van der Waals surface area (Å²) >= 11 is 5.78. The largest absolute Gasteiger partial charge is 0.394 e. The molecule has 1 rings (SSSR count). The summed E-state index contributed by atoms with van der Waals surface area (Å²) in [5.41, 5.74) is 6.55. The lowest BCUT2D eigenvalue weighted by molar-refractivity contribution is -0.132. The van der Waals surface area contributed by atoms with Gasteiger partial charge in [0.25, 0.3) is 0 Å². The molecule has 17 heavy (non-hydrogen) atoms. The first-order valence-electron chi connectivity index (χ1n) is 5.40. The van der Waals surface area contributed by atoms with Crippen LogP contribution in [0.4, 0.5) is 0 Å². The fourth-order valence-corrected chi connectivity index (χ4v) is 1.55. The Morgan fingerprint density at radius 1 is 1.47 bits per heavy atom. The Bertz CT molecular complexity index is 367. The van der Waals surface area contributed by atoms with Crippen LogP contribution in [0, 0.1) is 0 Å². The molecule has 4 nitrogen and oxygen atoms in total. The predicted octanol–water partition coefficient (Wildman–Crippen LogP) is 0.661. The monoisotopic (exact) mass is 256 g/mol. The summed E-state index contributed by atoms with van der Waals surface area (Å²) in [5, 5.41) is 9.48. The summed E-state index contributed by atoms with van der Waals surface area (Å²) in [4.78, 5) is 13.1. The quantitative estimate of drug-likeness (QED) is 0.813. The van der Waals surface area contributed by atoms with Gasteiger partial charge in [0.05, 0.1) is 6.61 Å². The zero-order valence-electron chi connectivity index (χ0n) is 9.77. The van der Waals surface area contributed by atoms with Gasteiger partial charge < -0.3 is 15.7 Å². The van der Waals surface area contributed by atoms with E-state index in [0.717, 1.165) is 12.0 Å². The van der Waals surface area contributed by atoms with Crippen LogP contribution in [0.25, 0.3) is 0 Å². The second kappa shape index (κ2) is 6.59. The molecule has 0 aliphatic carbocycles. The summed E-state index contributed by atoms with van der Waals surface area (Å²) in [6, 6.07) is 6.65. The lowest BCUT2D eigenvalue weighted by Crippen LogP contribution is -2.44. The fraction of sp³-hybridized carbons (Fsp3) is 0.417. The van der Waals surface area contributed by atoms with Crippen LogP contribution >= 0.6 is 11.6 Å². The average Bonchev–Trinajstić information content (AvgIpc) is 2.35. The summed E-state index contributed by atoms with van der Waals surface area (Å²) in [7, 11) is 1.67. The highest BCUT2D eigenvalue weighted by Crippen LogP contribution is 2.10. The van der Waals surface area contributed by atoms with E-state index in [1.807, 2.05) is 24.3 Å². The second-order valence-corrected chi connectivity index (χ2v) is 4.36. The first-order valence-corrected chi connectivity index (χ1v) is 5.78. The third-order valence-electron chi connectivity index (χ3n) is 2.54. The van der Waals surface area contributed by atoms with Crippen molar-refractivity contribution in [2.45, 2.75) is 12.5 Å². The highest BCUT2D eigenvalue weighted by atomic mass is 35.5. The first kappa shape index (κ1) is 14.0. The number of likely N-dealkylation sites (N-methyl/N-ethyl adjacent to an activating group) is 1. The molecule has 94 valence electrons. The highest BCUT2D eigenvalue weighted by molar-refractivity contribution is 6.30. The van der Waals surface area contributed by atoms with E-state index in [9.17, 15) is 4.79 Å². The number of carbonyl (C=O) groups is 1. The third kappa shape index (κ3) is 4.34. The van der Waals surface area contributed by atoms with E-state index in [-0.39, 0.29) is 12.5 Å². The fourth-order valence-electron chi connectivity index (χ4n) is 1.42. The summed E-state index contributed by atoms with van der Waals surface area (Å²) < 4.78 is 0. The van der Waals surface area contributed by atoms with Gasteiger partial charge in [-0.05, 0) is 24.1 Å². The molecule has 1 atom stereocenters. The topological polar surface area (TPSA) is 66.6 Å². The Morgan fingerprint density at radius 2 is 2.06 bits per heavy atom. The van der Waals surface area contributed by atoms with E-state index in [4.69, 9.17) is 22.4 Å². The SMILES string of the molecule is CN(CCc1ccc(Cl)cc1)C(=O)C(N)CO. The van der Waals surface area contributed by atoms with Crippen LogP contribution in [0.3, 0.4) is 0 Å². The second-order valence-electron chi connectivity index (χ2n) is 3.93. The normalized spacial score (nSPS) is 12.2. The molecule has 0 fully saturated rings. The van der Waals surface area contributed by atoms with Crippen molar-refractivity contribution in [2.24, 2.45) is 5.73 Å². The summed E-state index contributed by atoms with van der Waals surface area (Å²) in [5.74, 6) is -0.249. The van der Waals surface area contributed by atoms with E-state index in [1.165, 1.54) is 4.90 Å². The van der Waals surface area contributed by atoms with Crippen molar-refractivity contribution in [2.75, 3.05) is 20.2 Å². The van der Waals surface area contributed by atoms with Crippen molar-refractivity contribution in [1.29, 1.82) is 0 Å². The van der Waals surface area contributed by atoms with Gasteiger partial charge >= 0.3 is 0 Å². The highest BCUT2D eigenvalue weighted by Gasteiger charge is 2.16. The number of aliphatic hydroxyl groups excluding tert-OH is 1. The molecule has 0 aromatic heterocycles. The van der Waals surface area contributed by atoms with Crippen molar-refractivity contribution in [3.8, 4) is 0 Å². The Kier molecular flexibility index (Phi) is 5.41. The standard InChI is InChI=1S/C12H17ClN2O2/c1-15(12(17)11(14)8-16)7-6-9-2-4-10(13)5-3-9/h2-5,11,16H,6-8,14H2,1H3. The Hall–Kier alpha value is -1.10. The maximum atomic E-state index is 11.6. The molecule has 0 saturated heterocycles. The Balaban J connectivity index is 2.45. The zero-order chi connectivity index (χ0) is 12.8. The lowest BCUT2D eigenvalue weighted by atomic mass is 10.1. The molecular weight excluding hydrogens is 240 g/mol. The van der Waals surface area contributed by atoms with Crippen molar-refractivity contribution in [1.82, 2.24) is 4.90 Å². The third-order valence-corrected chi connectivity index (χ3v) is 2.79. The zero-order valence-corrected chi connectivity index (χ0v) is 10.5. The number of rotatable bonds is 5. The minimum atomic E-state index is -0.829. The number of amides is 1. The molecule has 0 aliphatic rings. The molecule has 0 aliphatic heterocycles. The molecule has 1 aromatic rings. The maximum Gasteiger partial charge on any atom is 0.241 e. The predicted molar refractivity (Wildman–Crippen MR) is 67.9 cm³/mol. The van der Waals surface area contributed by atoms with Gasteiger partial charge in [0.15, 0.2) is 0 Å². The minimum absolute atomic E-state index is 0.249. The number of nitrogens with two attached hydrogens (primary N) is 1. The molecular formula is C12H17ClN2O2. The number of aliphatic hydroxyl groups is 1. The number of nitrogens with zero attached hydrogens (tertiary/aromatic N) is 1. The Labute approximate surface area is 106 Å². The molecule has 1 aromatic carbocycles. The summed E-state index contributed by atoms with van der Waals surface area (Å²) in [6.45, 7) is 0.234. The molecule has 0 spiro atoms. The number of hydrogen-bond acceptors (Lipinski definition) is 3. The minimum Gasteiger partial charge on any atom is -0.394 e. The molecule has 1 amide bonds. The van der Waals surface area contributed by atoms with Gasteiger partial charge in [-0.1, -0.05) is 23.7 Å². The van der Waals surface area contributed by atoms with Gasteiger partial charge in [-0.25, -0.2) is 0 Å². The van der Waals surface area contributed by atoms with Gasteiger partial charge in [0, 0.05) is 18.6 Å². The van der Waals surface area contributed by atoms with Crippen LogP contribution in [-0.4, -0.2) is 42.2 Å². The van der Waals surface area contributed by atoms with Crippen LogP contribution in [0.1, 0.15) is 5.56 Å². The maximum absolute atomic E-state index is 11.6. The van der Waals surface area contributed by atoms with Crippen LogP contribution in [-0.2, 0) is 11.2 Å². The van der Waals surface area contributed by atoms with E-state index >= 15 is 0 Å². The smallest absolute Gasteiger partial charge is 0.241 e. The molecule has 0 heterocycles. The number of halogens is 1. The van der Waals surface area contributed by atoms with E-state index in [1.54, 1.807) is 7.05 Å². The van der Waals surface area contributed by atoms with Gasteiger partial charge in [-0.3, -0.25) is 4.79 Å². The van der Waals surface area contributed by atoms with Crippen molar-refractivity contribution in [3.63, 3.8) is 0 Å². The van der Waals surface area contributed by atoms with Crippen molar-refractivity contribution < 1.29 is 9.90 Å². The van der Waals surface area contributed by atoms with Gasteiger partial charge in [-0.2, -0.15) is 0 Å². The van der Waals surface area contributed by atoms with Gasteiger partial charge in [0.2, 0.25) is 5.91 Å². The van der Waals surface area contributed by atoms with Gasteiger partial charge in [0.1, 0.15) is 6.04 Å². The van der Waals surface area contributed by atoms with E-state index < -0.39 is 6.04 Å². The average molecular weight is 257 g/mol. The molecule has 5 heteroatoms. The van der Waals surface area contributed by atoms with Crippen LogP contribution in [0.15, 0.2) is 24.3 Å². The van der Waals surface area contributed by atoms with Crippen LogP contribution < -0.4 is 5.73 Å². The summed E-state index contributed by atoms with van der Waals surface area (Å²) in [6.07, 6.45) is 0.734. The van der Waals surface area contributed by atoms with Crippen LogP contribution in [0.2, 0.25) is 5.02 Å². The molecule has 0 saturated carbocycles. The molecule has 1 unspecified atom stereocenters.